The highest BCUT2D eigenvalue weighted by Gasteiger charge is 1.87. The van der Waals surface area contributed by atoms with Crippen molar-refractivity contribution in [2.24, 2.45) is 0 Å². The molecular formula is C5H12O2S2. The van der Waals surface area contributed by atoms with Gasteiger partial charge >= 0.3 is 0 Å². The van der Waals surface area contributed by atoms with Crippen molar-refractivity contribution < 1.29 is 8.42 Å². The highest BCUT2D eigenvalue weighted by molar-refractivity contribution is 8.64. The topological polar surface area (TPSA) is 34.1 Å². The third-order valence-electron chi connectivity index (χ3n) is 0.945. The first kappa shape index (κ1) is 9.30. The van der Waals surface area contributed by atoms with E-state index in [1.807, 2.05) is 0 Å². The summed E-state index contributed by atoms with van der Waals surface area (Å²) in [5.41, 5.74) is 0. The predicted octanol–water partition coefficient (Wildman–Crippen LogP) is 1.44. The van der Waals surface area contributed by atoms with Crippen LogP contribution in [0.1, 0.15) is 26.2 Å². The number of unbranched alkanes of at least 4 members (excludes halogenated alkanes) is 2. The summed E-state index contributed by atoms with van der Waals surface area (Å²) in [6.45, 7) is 2.10. The lowest BCUT2D eigenvalue weighted by Gasteiger charge is -1.90. The largest absolute Gasteiger partial charge is 0.221 e. The van der Waals surface area contributed by atoms with Crippen LogP contribution in [0.3, 0.4) is 0 Å². The van der Waals surface area contributed by atoms with Crippen LogP contribution < -0.4 is 0 Å². The SMILES string of the molecule is CCCCCS[SH](=O)=O. The van der Waals surface area contributed by atoms with Crippen LogP contribution in [-0.4, -0.2) is 14.2 Å². The first-order valence-electron chi connectivity index (χ1n) is 3.04. The molecule has 0 amide bonds. The minimum absolute atomic E-state index is 0.756. The van der Waals surface area contributed by atoms with Gasteiger partial charge in [-0.1, -0.05) is 19.8 Å². The Balaban J connectivity index is 2.92. The first-order chi connectivity index (χ1) is 4.27. The van der Waals surface area contributed by atoms with Crippen molar-refractivity contribution in [3.63, 3.8) is 0 Å². The minimum atomic E-state index is -2.20. The second kappa shape index (κ2) is 6.42. The van der Waals surface area contributed by atoms with E-state index in [0.717, 1.165) is 35.8 Å². The summed E-state index contributed by atoms with van der Waals surface area (Å²) in [6.07, 6.45) is 3.30. The van der Waals surface area contributed by atoms with Gasteiger partial charge in [-0.2, -0.15) is 0 Å². The Morgan fingerprint density at radius 3 is 2.44 bits per heavy atom. The molecule has 2 nitrogen and oxygen atoms in total. The third-order valence-corrected chi connectivity index (χ3v) is 2.81. The van der Waals surface area contributed by atoms with Crippen molar-refractivity contribution >= 4 is 20.5 Å². The van der Waals surface area contributed by atoms with E-state index in [0.29, 0.717) is 0 Å². The van der Waals surface area contributed by atoms with E-state index < -0.39 is 9.74 Å². The molecule has 0 rings (SSSR count). The molecule has 4 heteroatoms. The standard InChI is InChI=1S/C5H12O2S2/c1-2-3-4-5-8-9(6)7/h9H,2-5H2,1H3. The maximum Gasteiger partial charge on any atom is 0.191 e. The van der Waals surface area contributed by atoms with E-state index in [4.69, 9.17) is 0 Å². The van der Waals surface area contributed by atoms with Crippen molar-refractivity contribution in [3.8, 4) is 0 Å². The molecule has 0 saturated heterocycles. The maximum atomic E-state index is 9.96. The molecule has 0 atom stereocenters. The van der Waals surface area contributed by atoms with Crippen LogP contribution in [0, 0.1) is 0 Å². The lowest BCUT2D eigenvalue weighted by atomic mass is 10.3. The lowest BCUT2D eigenvalue weighted by Crippen LogP contribution is -1.78. The summed E-state index contributed by atoms with van der Waals surface area (Å²) in [5.74, 6) is 0.756. The fraction of sp³-hybridized carbons (Fsp3) is 1.00. The Bertz CT molecular complexity index is 112. The fourth-order valence-electron chi connectivity index (χ4n) is 0.491. The molecule has 0 N–H and O–H groups in total. The van der Waals surface area contributed by atoms with Crippen molar-refractivity contribution in [2.45, 2.75) is 26.2 Å². The van der Waals surface area contributed by atoms with E-state index >= 15 is 0 Å². The predicted molar refractivity (Wildman–Crippen MR) is 42.3 cm³/mol. The number of hydrogen-bond acceptors (Lipinski definition) is 3. The van der Waals surface area contributed by atoms with Gasteiger partial charge in [-0.3, -0.25) is 0 Å². The molecule has 0 aromatic rings. The highest BCUT2D eigenvalue weighted by atomic mass is 33.1. The van der Waals surface area contributed by atoms with Crippen LogP contribution in [0.2, 0.25) is 0 Å². The minimum Gasteiger partial charge on any atom is -0.221 e. The highest BCUT2D eigenvalue weighted by Crippen LogP contribution is 2.05. The Kier molecular flexibility index (Phi) is 6.63. The second-order valence-corrected chi connectivity index (χ2v) is 4.55. The van der Waals surface area contributed by atoms with E-state index in [1.54, 1.807) is 0 Å². The zero-order valence-corrected chi connectivity index (χ0v) is 7.21. The lowest BCUT2D eigenvalue weighted by molar-refractivity contribution is 0.626. The van der Waals surface area contributed by atoms with Crippen molar-refractivity contribution in [1.82, 2.24) is 0 Å². The number of rotatable bonds is 5. The van der Waals surface area contributed by atoms with E-state index in [1.165, 1.54) is 0 Å². The van der Waals surface area contributed by atoms with Crippen LogP contribution in [0.25, 0.3) is 0 Å². The van der Waals surface area contributed by atoms with Gasteiger partial charge < -0.3 is 0 Å². The summed E-state index contributed by atoms with van der Waals surface area (Å²) in [4.78, 5) is 0. The van der Waals surface area contributed by atoms with Crippen LogP contribution in [-0.2, 0) is 9.74 Å². The van der Waals surface area contributed by atoms with E-state index in [9.17, 15) is 8.42 Å². The molecule has 0 fully saturated rings. The van der Waals surface area contributed by atoms with Gasteiger partial charge in [0.25, 0.3) is 0 Å². The van der Waals surface area contributed by atoms with Crippen LogP contribution in [0.5, 0.6) is 0 Å². The van der Waals surface area contributed by atoms with Gasteiger partial charge in [0.05, 0.1) is 0 Å². The molecule has 0 aromatic heterocycles. The average Bonchev–Trinajstić information content (AvgIpc) is 1.80. The van der Waals surface area contributed by atoms with Crippen LogP contribution >= 0.6 is 10.8 Å². The van der Waals surface area contributed by atoms with Gasteiger partial charge in [0.1, 0.15) is 0 Å². The summed E-state index contributed by atoms with van der Waals surface area (Å²) in [6, 6.07) is 0. The quantitative estimate of drug-likeness (QED) is 0.383. The van der Waals surface area contributed by atoms with Crippen molar-refractivity contribution in [1.29, 1.82) is 0 Å². The molecule has 0 spiro atoms. The normalized spacial score (nSPS) is 10.4. The third kappa shape index (κ3) is 8.30. The van der Waals surface area contributed by atoms with Gasteiger partial charge in [-0.15, -0.1) is 0 Å². The molecule has 0 radical (unpaired) electrons. The molecule has 0 aliphatic heterocycles. The van der Waals surface area contributed by atoms with Gasteiger partial charge in [0.15, 0.2) is 9.74 Å². The molecule has 0 heterocycles. The Hall–Kier alpha value is 0.300. The molecule has 0 bridgehead atoms. The van der Waals surface area contributed by atoms with Gasteiger partial charge in [-0.05, 0) is 17.2 Å². The monoisotopic (exact) mass is 168 g/mol. The summed E-state index contributed by atoms with van der Waals surface area (Å²) >= 11 is 0. The summed E-state index contributed by atoms with van der Waals surface area (Å²) < 4.78 is 19.9. The van der Waals surface area contributed by atoms with E-state index in [-0.39, 0.29) is 0 Å². The van der Waals surface area contributed by atoms with Crippen LogP contribution in [0.4, 0.5) is 0 Å². The fourth-order valence-corrected chi connectivity index (χ4v) is 1.81. The molecule has 56 valence electrons. The molecule has 9 heavy (non-hydrogen) atoms. The number of thiol groups is 1. The summed E-state index contributed by atoms with van der Waals surface area (Å²) in [5, 5.41) is 0. The zero-order valence-electron chi connectivity index (χ0n) is 5.50. The Labute approximate surface area is 61.4 Å². The number of hydrogen-bond donors (Lipinski definition) is 1. The van der Waals surface area contributed by atoms with Crippen molar-refractivity contribution in [2.75, 3.05) is 5.75 Å². The molecule has 0 aromatic carbocycles. The average molecular weight is 168 g/mol. The molecule has 0 aliphatic rings. The molecule has 0 unspecified atom stereocenters. The van der Waals surface area contributed by atoms with E-state index in [2.05, 4.69) is 6.92 Å². The van der Waals surface area contributed by atoms with Crippen molar-refractivity contribution in [3.05, 3.63) is 0 Å². The van der Waals surface area contributed by atoms with Crippen LogP contribution in [0.15, 0.2) is 0 Å². The maximum absolute atomic E-state index is 9.96. The second-order valence-electron chi connectivity index (χ2n) is 1.76. The molecule has 0 aliphatic carbocycles. The first-order valence-corrected chi connectivity index (χ1v) is 5.81. The molecule has 0 saturated carbocycles. The molecular weight excluding hydrogens is 156 g/mol. The van der Waals surface area contributed by atoms with Gasteiger partial charge in [0, 0.05) is 5.75 Å². The Morgan fingerprint density at radius 1 is 1.33 bits per heavy atom. The summed E-state index contributed by atoms with van der Waals surface area (Å²) in [7, 11) is -1.18. The Morgan fingerprint density at radius 2 is 2.00 bits per heavy atom. The smallest absolute Gasteiger partial charge is 0.191 e. The van der Waals surface area contributed by atoms with Gasteiger partial charge in [-0.25, -0.2) is 8.42 Å². The van der Waals surface area contributed by atoms with Gasteiger partial charge in [0.2, 0.25) is 0 Å². The zero-order chi connectivity index (χ0) is 7.11.